The monoisotopic (exact) mass is 418 g/mol. The predicted octanol–water partition coefficient (Wildman–Crippen LogP) is 3.38. The van der Waals surface area contributed by atoms with E-state index in [1.54, 1.807) is 18.7 Å². The van der Waals surface area contributed by atoms with Crippen LogP contribution in [0, 0.1) is 0 Å². The molecule has 1 fully saturated rings. The molecule has 1 aliphatic heterocycles. The van der Waals surface area contributed by atoms with Crippen LogP contribution in [-0.4, -0.2) is 52.3 Å². The molecule has 4 aromatic rings. The molecule has 0 bridgehead atoms. The van der Waals surface area contributed by atoms with E-state index in [0.717, 1.165) is 38.2 Å². The maximum atomic E-state index is 12.8. The molecule has 31 heavy (non-hydrogen) atoms. The Kier molecular flexibility index (Phi) is 5.34. The van der Waals surface area contributed by atoms with Crippen molar-refractivity contribution in [3.63, 3.8) is 0 Å². The molecule has 0 atom stereocenters. The highest BCUT2D eigenvalue weighted by Crippen LogP contribution is 2.26. The summed E-state index contributed by atoms with van der Waals surface area (Å²) in [5.41, 5.74) is 3.34. The van der Waals surface area contributed by atoms with Crippen molar-refractivity contribution in [2.24, 2.45) is 0 Å². The van der Waals surface area contributed by atoms with Gasteiger partial charge >= 0.3 is 0 Å². The number of hydrogen-bond donors (Lipinski definition) is 3. The lowest BCUT2D eigenvalue weighted by Crippen LogP contribution is -2.35. The number of morpholine rings is 1. The van der Waals surface area contributed by atoms with Crippen molar-refractivity contribution in [2.45, 2.75) is 6.54 Å². The third-order valence-electron chi connectivity index (χ3n) is 5.21. The minimum absolute atomic E-state index is 0.299. The lowest BCUT2D eigenvalue weighted by molar-refractivity contribution is 0.0342. The van der Waals surface area contributed by atoms with E-state index in [2.05, 4.69) is 30.7 Å². The Morgan fingerprint density at radius 3 is 2.81 bits per heavy atom. The smallest absolute Gasteiger partial charge is 0.275 e. The summed E-state index contributed by atoms with van der Waals surface area (Å²) in [5.74, 6) is 0.220. The molecular formula is C22H22N6O3. The van der Waals surface area contributed by atoms with Crippen LogP contribution in [0.2, 0.25) is 0 Å². The first-order valence-electron chi connectivity index (χ1n) is 10.1. The summed E-state index contributed by atoms with van der Waals surface area (Å²) in [7, 11) is 0. The lowest BCUT2D eigenvalue weighted by atomic mass is 10.2. The molecule has 3 aromatic heterocycles. The quantitative estimate of drug-likeness (QED) is 0.440. The second-order valence-corrected chi connectivity index (χ2v) is 7.32. The number of anilines is 3. The number of ether oxygens (including phenoxy) is 1. The van der Waals surface area contributed by atoms with Crippen LogP contribution in [0.25, 0.3) is 11.0 Å². The molecule has 1 amide bonds. The molecule has 5 rings (SSSR count). The Morgan fingerprint density at radius 1 is 1.13 bits per heavy atom. The van der Waals surface area contributed by atoms with E-state index in [9.17, 15) is 4.79 Å². The number of H-pyrrole nitrogens is 1. The number of nitrogens with zero attached hydrogens (tertiary/aromatic N) is 3. The van der Waals surface area contributed by atoms with E-state index in [-0.39, 0.29) is 5.91 Å². The molecule has 158 valence electrons. The Balaban J connectivity index is 1.26. The second kappa shape index (κ2) is 8.58. The van der Waals surface area contributed by atoms with E-state index in [1.165, 1.54) is 5.56 Å². The van der Waals surface area contributed by atoms with Crippen LogP contribution in [0.15, 0.2) is 59.5 Å². The van der Waals surface area contributed by atoms with Gasteiger partial charge in [0.25, 0.3) is 5.91 Å². The Hall–Kier alpha value is -3.69. The van der Waals surface area contributed by atoms with Gasteiger partial charge in [-0.25, -0.2) is 4.98 Å². The normalized spacial score (nSPS) is 14.6. The number of carbonyl (C=O) groups is 1. The molecule has 1 aliphatic rings. The average molecular weight is 418 g/mol. The zero-order valence-electron chi connectivity index (χ0n) is 16.8. The lowest BCUT2D eigenvalue weighted by Gasteiger charge is -2.26. The number of rotatable bonds is 6. The molecule has 0 aliphatic carbocycles. The van der Waals surface area contributed by atoms with Crippen LogP contribution >= 0.6 is 0 Å². The first-order valence-corrected chi connectivity index (χ1v) is 10.1. The number of furan rings is 1. The highest BCUT2D eigenvalue weighted by molar-refractivity contribution is 6.07. The zero-order valence-corrected chi connectivity index (χ0v) is 16.8. The van der Waals surface area contributed by atoms with E-state index in [4.69, 9.17) is 9.15 Å². The average Bonchev–Trinajstić information content (AvgIpc) is 3.46. The number of benzene rings is 1. The van der Waals surface area contributed by atoms with Gasteiger partial charge in [-0.05, 0) is 29.8 Å². The topological polar surface area (TPSA) is 108 Å². The minimum Gasteiger partial charge on any atom is -0.460 e. The molecule has 0 radical (unpaired) electrons. The number of fused-ring (bicyclic) bond motifs is 1. The van der Waals surface area contributed by atoms with Crippen molar-refractivity contribution < 1.29 is 13.9 Å². The Bertz CT molecular complexity index is 1180. The Morgan fingerprint density at radius 2 is 1.97 bits per heavy atom. The summed E-state index contributed by atoms with van der Waals surface area (Å²) in [4.78, 5) is 19.5. The highest BCUT2D eigenvalue weighted by Gasteiger charge is 2.17. The molecule has 9 heteroatoms. The molecule has 1 saturated heterocycles. The summed E-state index contributed by atoms with van der Waals surface area (Å²) in [6.07, 6.45) is 4.82. The zero-order chi connectivity index (χ0) is 21.0. The number of amides is 1. The van der Waals surface area contributed by atoms with Gasteiger partial charge in [0.2, 0.25) is 0 Å². The fraction of sp³-hybridized carbons (Fsp3) is 0.227. The van der Waals surface area contributed by atoms with Crippen LogP contribution in [0.4, 0.5) is 17.2 Å². The number of carbonyl (C=O) groups excluding carboxylic acids is 1. The van der Waals surface area contributed by atoms with Gasteiger partial charge in [0.15, 0.2) is 11.4 Å². The number of pyridine rings is 1. The number of aromatic amines is 1. The molecule has 3 N–H and O–H groups in total. The van der Waals surface area contributed by atoms with Crippen molar-refractivity contribution in [2.75, 3.05) is 36.9 Å². The van der Waals surface area contributed by atoms with Crippen LogP contribution in [0.1, 0.15) is 16.1 Å². The minimum atomic E-state index is -0.299. The number of aromatic nitrogens is 3. The largest absolute Gasteiger partial charge is 0.460 e. The second-order valence-electron chi connectivity index (χ2n) is 7.32. The molecule has 1 aromatic carbocycles. The van der Waals surface area contributed by atoms with Gasteiger partial charge in [-0.2, -0.15) is 5.10 Å². The van der Waals surface area contributed by atoms with Gasteiger partial charge in [0.05, 0.1) is 31.4 Å². The van der Waals surface area contributed by atoms with Gasteiger partial charge in [0, 0.05) is 36.9 Å². The third-order valence-corrected chi connectivity index (χ3v) is 5.21. The van der Waals surface area contributed by atoms with E-state index in [0.29, 0.717) is 28.5 Å². The van der Waals surface area contributed by atoms with Crippen molar-refractivity contribution >= 4 is 34.1 Å². The van der Waals surface area contributed by atoms with Crippen molar-refractivity contribution in [3.05, 3.63) is 66.3 Å². The third kappa shape index (κ3) is 4.27. The fourth-order valence-electron chi connectivity index (χ4n) is 3.57. The maximum Gasteiger partial charge on any atom is 0.275 e. The van der Waals surface area contributed by atoms with Gasteiger partial charge in [0.1, 0.15) is 5.69 Å². The summed E-state index contributed by atoms with van der Waals surface area (Å²) >= 11 is 0. The molecule has 9 nitrogen and oxygen atoms in total. The van der Waals surface area contributed by atoms with Gasteiger partial charge < -0.3 is 19.8 Å². The van der Waals surface area contributed by atoms with Crippen LogP contribution in [0.5, 0.6) is 0 Å². The van der Waals surface area contributed by atoms with Crippen molar-refractivity contribution in [3.8, 4) is 0 Å². The summed E-state index contributed by atoms with van der Waals surface area (Å²) in [6.45, 7) is 4.30. The molecule has 4 heterocycles. The van der Waals surface area contributed by atoms with E-state index in [1.807, 2.05) is 36.4 Å². The summed E-state index contributed by atoms with van der Waals surface area (Å²) in [5, 5.41) is 13.7. The standard InChI is InChI=1S/C22H22N6O3/c29-22(25-17-3-1-15(2-4-17)14-28-8-11-30-12-9-28)19-18(13-24-27-19)26-21-20-16(5-7-23-21)6-10-31-20/h1-7,10,13H,8-9,11-12,14H2,(H,23,26)(H,24,27)(H,25,29). The van der Waals surface area contributed by atoms with Gasteiger partial charge in [-0.3, -0.25) is 14.8 Å². The fourth-order valence-corrected chi connectivity index (χ4v) is 3.57. The molecule has 0 unspecified atom stereocenters. The Labute approximate surface area is 178 Å². The van der Waals surface area contributed by atoms with Crippen molar-refractivity contribution in [1.82, 2.24) is 20.1 Å². The highest BCUT2D eigenvalue weighted by atomic mass is 16.5. The molecular weight excluding hydrogens is 396 g/mol. The van der Waals surface area contributed by atoms with Crippen molar-refractivity contribution in [1.29, 1.82) is 0 Å². The maximum absolute atomic E-state index is 12.8. The first kappa shape index (κ1) is 19.3. The summed E-state index contributed by atoms with van der Waals surface area (Å²) < 4.78 is 10.9. The van der Waals surface area contributed by atoms with Gasteiger partial charge in [-0.1, -0.05) is 12.1 Å². The van der Waals surface area contributed by atoms with Gasteiger partial charge in [-0.15, -0.1) is 0 Å². The van der Waals surface area contributed by atoms with Crippen LogP contribution in [0.3, 0.4) is 0 Å². The first-order chi connectivity index (χ1) is 15.3. The van der Waals surface area contributed by atoms with Crippen LogP contribution < -0.4 is 10.6 Å². The number of nitrogens with one attached hydrogen (secondary N) is 3. The predicted molar refractivity (Wildman–Crippen MR) is 116 cm³/mol. The summed E-state index contributed by atoms with van der Waals surface area (Å²) in [6, 6.07) is 11.6. The number of hydrogen-bond acceptors (Lipinski definition) is 7. The molecule has 0 saturated carbocycles. The SMILES string of the molecule is O=C(Nc1ccc(CN2CCOCC2)cc1)c1[nH]ncc1Nc1nccc2ccoc12. The van der Waals surface area contributed by atoms with Crippen LogP contribution in [-0.2, 0) is 11.3 Å². The molecule has 0 spiro atoms. The van der Waals surface area contributed by atoms with E-state index < -0.39 is 0 Å². The van der Waals surface area contributed by atoms with E-state index >= 15 is 0 Å².